The Morgan fingerprint density at radius 2 is 2.29 bits per heavy atom. The van der Waals surface area contributed by atoms with Crippen LogP contribution in [0, 0.1) is 0 Å². The summed E-state index contributed by atoms with van der Waals surface area (Å²) in [6.45, 7) is 3.36. The number of piperidine rings is 1. The summed E-state index contributed by atoms with van der Waals surface area (Å²) < 4.78 is 5.44. The molecule has 2 unspecified atom stereocenters. The van der Waals surface area contributed by atoms with Crippen LogP contribution in [-0.4, -0.2) is 60.9 Å². The molecular formula is C12H22N2O3. The van der Waals surface area contributed by atoms with Crippen molar-refractivity contribution in [3.05, 3.63) is 0 Å². The first-order valence-electron chi connectivity index (χ1n) is 6.53. The number of carbonyl (C=O) groups is 1. The van der Waals surface area contributed by atoms with E-state index in [2.05, 4.69) is 5.32 Å². The van der Waals surface area contributed by atoms with E-state index in [0.29, 0.717) is 19.6 Å². The number of aliphatic hydroxyl groups is 1. The topological polar surface area (TPSA) is 61.8 Å². The molecule has 0 bridgehead atoms. The Morgan fingerprint density at radius 3 is 3.00 bits per heavy atom. The number of ether oxygens (including phenoxy) is 1. The number of nitrogens with zero attached hydrogens (tertiary/aromatic N) is 1. The second kappa shape index (κ2) is 6.33. The van der Waals surface area contributed by atoms with Crippen LogP contribution in [0.15, 0.2) is 0 Å². The van der Waals surface area contributed by atoms with E-state index in [1.54, 1.807) is 0 Å². The minimum atomic E-state index is -0.269. The van der Waals surface area contributed by atoms with Gasteiger partial charge < -0.3 is 15.2 Å². The molecule has 5 nitrogen and oxygen atoms in total. The quantitative estimate of drug-likeness (QED) is 0.713. The molecule has 0 aromatic carbocycles. The number of nitrogens with one attached hydrogen (secondary N) is 1. The third-order valence-corrected chi connectivity index (χ3v) is 3.40. The van der Waals surface area contributed by atoms with Crippen LogP contribution in [0.2, 0.25) is 0 Å². The van der Waals surface area contributed by atoms with Gasteiger partial charge in [0, 0.05) is 19.7 Å². The Morgan fingerprint density at radius 1 is 1.41 bits per heavy atom. The predicted octanol–water partition coefficient (Wildman–Crippen LogP) is -0.262. The zero-order valence-electron chi connectivity index (χ0n) is 10.2. The average Bonchev–Trinajstić information content (AvgIpc) is 2.79. The minimum absolute atomic E-state index is 0.0367. The Balaban J connectivity index is 1.62. The smallest absolute Gasteiger partial charge is 0.234 e. The summed E-state index contributed by atoms with van der Waals surface area (Å²) in [5, 5.41) is 12.4. The summed E-state index contributed by atoms with van der Waals surface area (Å²) in [6, 6.07) is 0. The number of amides is 1. The molecule has 0 aromatic heterocycles. The van der Waals surface area contributed by atoms with Crippen LogP contribution in [0.4, 0.5) is 0 Å². The van der Waals surface area contributed by atoms with Gasteiger partial charge in [-0.2, -0.15) is 0 Å². The summed E-state index contributed by atoms with van der Waals surface area (Å²) in [5.41, 5.74) is 0. The number of carbonyl (C=O) groups excluding carboxylic acids is 1. The van der Waals surface area contributed by atoms with E-state index < -0.39 is 0 Å². The van der Waals surface area contributed by atoms with E-state index in [4.69, 9.17) is 4.74 Å². The van der Waals surface area contributed by atoms with Crippen molar-refractivity contribution in [2.75, 3.05) is 32.8 Å². The standard InChI is InChI=1S/C12H22N2O3/c15-10-3-1-5-14(8-10)9-12(16)13-7-11-4-2-6-17-11/h10-11,15H,1-9H2,(H,13,16). The second-order valence-corrected chi connectivity index (χ2v) is 4.97. The van der Waals surface area contributed by atoms with Gasteiger partial charge in [-0.05, 0) is 32.2 Å². The number of rotatable bonds is 4. The van der Waals surface area contributed by atoms with Gasteiger partial charge in [-0.1, -0.05) is 0 Å². The largest absolute Gasteiger partial charge is 0.392 e. The van der Waals surface area contributed by atoms with Crippen molar-refractivity contribution in [1.82, 2.24) is 10.2 Å². The monoisotopic (exact) mass is 242 g/mol. The van der Waals surface area contributed by atoms with Crippen molar-refractivity contribution >= 4 is 5.91 Å². The van der Waals surface area contributed by atoms with Gasteiger partial charge in [0.25, 0.3) is 0 Å². The maximum atomic E-state index is 11.7. The van der Waals surface area contributed by atoms with Crippen molar-refractivity contribution in [2.24, 2.45) is 0 Å². The van der Waals surface area contributed by atoms with Crippen molar-refractivity contribution in [3.63, 3.8) is 0 Å². The Hall–Kier alpha value is -0.650. The van der Waals surface area contributed by atoms with Gasteiger partial charge >= 0.3 is 0 Å². The third-order valence-electron chi connectivity index (χ3n) is 3.40. The van der Waals surface area contributed by atoms with Crippen LogP contribution in [-0.2, 0) is 9.53 Å². The highest BCUT2D eigenvalue weighted by atomic mass is 16.5. The van der Waals surface area contributed by atoms with Crippen LogP contribution in [0.5, 0.6) is 0 Å². The molecular weight excluding hydrogens is 220 g/mol. The summed E-state index contributed by atoms with van der Waals surface area (Å²) in [4.78, 5) is 13.7. The first-order valence-corrected chi connectivity index (χ1v) is 6.53. The summed E-state index contributed by atoms with van der Waals surface area (Å²) in [5.74, 6) is 0.0367. The first-order chi connectivity index (χ1) is 8.24. The molecule has 0 radical (unpaired) electrons. The normalized spacial score (nSPS) is 30.4. The Bertz CT molecular complexity index is 254. The van der Waals surface area contributed by atoms with Crippen molar-refractivity contribution < 1.29 is 14.6 Å². The lowest BCUT2D eigenvalue weighted by Gasteiger charge is -2.29. The lowest BCUT2D eigenvalue weighted by Crippen LogP contribution is -2.45. The van der Waals surface area contributed by atoms with Gasteiger partial charge in [0.15, 0.2) is 0 Å². The molecule has 98 valence electrons. The fraction of sp³-hybridized carbons (Fsp3) is 0.917. The highest BCUT2D eigenvalue weighted by molar-refractivity contribution is 5.78. The van der Waals surface area contributed by atoms with E-state index in [1.165, 1.54) is 0 Å². The first kappa shape index (κ1) is 12.8. The zero-order chi connectivity index (χ0) is 12.1. The van der Waals surface area contributed by atoms with Gasteiger partial charge in [0.05, 0.1) is 18.8 Å². The zero-order valence-corrected chi connectivity index (χ0v) is 10.2. The summed E-state index contributed by atoms with van der Waals surface area (Å²) in [6.07, 6.45) is 3.90. The molecule has 0 saturated carbocycles. The van der Waals surface area contributed by atoms with E-state index in [9.17, 15) is 9.90 Å². The van der Waals surface area contributed by atoms with Gasteiger partial charge in [0.2, 0.25) is 5.91 Å². The lowest BCUT2D eigenvalue weighted by atomic mass is 10.1. The maximum Gasteiger partial charge on any atom is 0.234 e. The second-order valence-electron chi connectivity index (χ2n) is 4.97. The molecule has 0 aliphatic carbocycles. The number of aliphatic hydroxyl groups excluding tert-OH is 1. The fourth-order valence-electron chi connectivity index (χ4n) is 2.47. The molecule has 2 aliphatic rings. The van der Waals surface area contributed by atoms with Crippen LogP contribution >= 0.6 is 0 Å². The maximum absolute atomic E-state index is 11.7. The molecule has 2 saturated heterocycles. The van der Waals surface area contributed by atoms with Gasteiger partial charge in [0.1, 0.15) is 0 Å². The molecule has 2 heterocycles. The summed E-state index contributed by atoms with van der Waals surface area (Å²) >= 11 is 0. The number of β-amino-alcohol motifs (C(OH)–C–C–N with tert-alkyl or cyclic N) is 1. The van der Waals surface area contributed by atoms with Gasteiger partial charge in [-0.15, -0.1) is 0 Å². The fourth-order valence-corrected chi connectivity index (χ4v) is 2.47. The lowest BCUT2D eigenvalue weighted by molar-refractivity contribution is -0.123. The van der Waals surface area contributed by atoms with Crippen molar-refractivity contribution in [3.8, 4) is 0 Å². The van der Waals surface area contributed by atoms with E-state index in [-0.39, 0.29) is 18.1 Å². The van der Waals surface area contributed by atoms with Gasteiger partial charge in [-0.25, -0.2) is 0 Å². The third kappa shape index (κ3) is 4.26. The molecule has 1 amide bonds. The molecule has 0 aromatic rings. The molecule has 17 heavy (non-hydrogen) atoms. The van der Waals surface area contributed by atoms with Crippen LogP contribution in [0.25, 0.3) is 0 Å². The summed E-state index contributed by atoms with van der Waals surface area (Å²) in [7, 11) is 0. The van der Waals surface area contributed by atoms with E-state index >= 15 is 0 Å². The molecule has 2 atom stereocenters. The van der Waals surface area contributed by atoms with E-state index in [1.807, 2.05) is 4.90 Å². The predicted molar refractivity (Wildman–Crippen MR) is 63.7 cm³/mol. The Kier molecular flexibility index (Phi) is 4.76. The highest BCUT2D eigenvalue weighted by Crippen LogP contribution is 2.11. The van der Waals surface area contributed by atoms with Crippen molar-refractivity contribution in [1.29, 1.82) is 0 Å². The molecule has 2 N–H and O–H groups in total. The van der Waals surface area contributed by atoms with Crippen LogP contribution < -0.4 is 5.32 Å². The van der Waals surface area contributed by atoms with Crippen molar-refractivity contribution in [2.45, 2.75) is 37.9 Å². The Labute approximate surface area is 102 Å². The minimum Gasteiger partial charge on any atom is -0.392 e. The van der Waals surface area contributed by atoms with E-state index in [0.717, 1.165) is 38.8 Å². The molecule has 0 spiro atoms. The number of likely N-dealkylation sites (tertiary alicyclic amines) is 1. The molecule has 5 heteroatoms. The van der Waals surface area contributed by atoms with Crippen LogP contribution in [0.3, 0.4) is 0 Å². The highest BCUT2D eigenvalue weighted by Gasteiger charge is 2.20. The SMILES string of the molecule is O=C(CN1CCCC(O)C1)NCC1CCCO1. The molecule has 2 fully saturated rings. The number of hydrogen-bond acceptors (Lipinski definition) is 4. The molecule has 2 aliphatic heterocycles. The van der Waals surface area contributed by atoms with Gasteiger partial charge in [-0.3, -0.25) is 9.69 Å². The van der Waals surface area contributed by atoms with Crippen LogP contribution in [0.1, 0.15) is 25.7 Å². The number of hydrogen-bond donors (Lipinski definition) is 2. The molecule has 2 rings (SSSR count). The average molecular weight is 242 g/mol.